The maximum absolute atomic E-state index is 12.1. The van der Waals surface area contributed by atoms with Crippen LogP contribution in [0.2, 0.25) is 0 Å². The average Bonchev–Trinajstić information content (AvgIpc) is 2.85. The number of carbonyl (C=O) groups excluding carboxylic acids is 1. The molecule has 0 unspecified atom stereocenters. The summed E-state index contributed by atoms with van der Waals surface area (Å²) < 4.78 is 0. The minimum atomic E-state index is -0.785. The summed E-state index contributed by atoms with van der Waals surface area (Å²) >= 11 is 0. The average molecular weight is 245 g/mol. The summed E-state index contributed by atoms with van der Waals surface area (Å²) in [7, 11) is 0. The Balaban J connectivity index is 2.20. The fourth-order valence-corrected chi connectivity index (χ4v) is 1.96. The number of nitrogens with two attached hydrogens (primary N) is 1. The Bertz CT molecular complexity index is 555. The highest BCUT2D eigenvalue weighted by Gasteiger charge is 2.29. The smallest absolute Gasteiger partial charge is 0.244 e. The number of rotatable bonds is 4. The molecule has 0 bridgehead atoms. The van der Waals surface area contributed by atoms with Gasteiger partial charge in [-0.05, 0) is 37.1 Å². The normalized spacial score (nSPS) is 11.7. The summed E-state index contributed by atoms with van der Waals surface area (Å²) in [5.74, 6) is -0.123. The third-order valence-electron chi connectivity index (χ3n) is 3.53. The van der Waals surface area contributed by atoms with Crippen molar-refractivity contribution >= 4 is 22.5 Å². The van der Waals surface area contributed by atoms with Crippen LogP contribution in [0.4, 0.5) is 5.69 Å². The van der Waals surface area contributed by atoms with E-state index in [0.717, 1.165) is 16.6 Å². The number of H-pyrrole nitrogens is 1. The van der Waals surface area contributed by atoms with E-state index in [9.17, 15) is 4.79 Å². The molecule has 1 aromatic carbocycles. The van der Waals surface area contributed by atoms with E-state index in [2.05, 4.69) is 10.3 Å². The monoisotopic (exact) mass is 245 g/mol. The van der Waals surface area contributed by atoms with Gasteiger partial charge < -0.3 is 16.0 Å². The summed E-state index contributed by atoms with van der Waals surface area (Å²) in [5, 5.41) is 3.96. The van der Waals surface area contributed by atoms with Crippen molar-refractivity contribution in [1.82, 2.24) is 4.98 Å². The molecule has 0 spiro atoms. The first-order valence-electron chi connectivity index (χ1n) is 6.26. The maximum atomic E-state index is 12.1. The van der Waals surface area contributed by atoms with E-state index in [1.54, 1.807) is 0 Å². The van der Waals surface area contributed by atoms with Gasteiger partial charge in [0.2, 0.25) is 5.91 Å². The molecule has 2 rings (SSSR count). The van der Waals surface area contributed by atoms with Gasteiger partial charge in [-0.1, -0.05) is 13.8 Å². The first-order valence-corrected chi connectivity index (χ1v) is 6.26. The van der Waals surface area contributed by atoms with E-state index in [1.165, 1.54) is 0 Å². The zero-order valence-electron chi connectivity index (χ0n) is 10.8. The minimum absolute atomic E-state index is 0.123. The van der Waals surface area contributed by atoms with Crippen molar-refractivity contribution in [3.05, 3.63) is 30.5 Å². The molecule has 4 N–H and O–H groups in total. The number of hydrogen-bond donors (Lipinski definition) is 3. The summed E-state index contributed by atoms with van der Waals surface area (Å²) in [4.78, 5) is 15.2. The summed E-state index contributed by atoms with van der Waals surface area (Å²) in [6, 6.07) is 7.74. The second-order valence-electron chi connectivity index (χ2n) is 4.60. The van der Waals surface area contributed by atoms with Crippen LogP contribution in [-0.4, -0.2) is 16.4 Å². The highest BCUT2D eigenvalue weighted by Crippen LogP contribution is 2.20. The number of aromatic amines is 1. The molecule has 1 aromatic heterocycles. The lowest BCUT2D eigenvalue weighted by atomic mass is 9.93. The molecule has 4 nitrogen and oxygen atoms in total. The van der Waals surface area contributed by atoms with Crippen molar-refractivity contribution in [1.29, 1.82) is 0 Å². The van der Waals surface area contributed by atoms with Crippen molar-refractivity contribution in [3.63, 3.8) is 0 Å². The Morgan fingerprint density at radius 2 is 2.06 bits per heavy atom. The van der Waals surface area contributed by atoms with Crippen molar-refractivity contribution in [2.75, 3.05) is 5.32 Å². The standard InChI is InChI=1S/C14H19N3O/c1-3-14(15,4-2)13(18)17-11-5-6-12-10(9-11)7-8-16-12/h5-9,16H,3-4,15H2,1-2H3,(H,17,18). The quantitative estimate of drug-likeness (QED) is 0.775. The van der Waals surface area contributed by atoms with E-state index in [-0.39, 0.29) is 5.91 Å². The number of hydrogen-bond acceptors (Lipinski definition) is 2. The number of benzene rings is 1. The lowest BCUT2D eigenvalue weighted by Gasteiger charge is -2.25. The van der Waals surface area contributed by atoms with Gasteiger partial charge >= 0.3 is 0 Å². The topological polar surface area (TPSA) is 70.9 Å². The fourth-order valence-electron chi connectivity index (χ4n) is 1.96. The van der Waals surface area contributed by atoms with Crippen LogP contribution in [-0.2, 0) is 4.79 Å². The number of carbonyl (C=O) groups is 1. The zero-order chi connectivity index (χ0) is 13.2. The third-order valence-corrected chi connectivity index (χ3v) is 3.53. The Morgan fingerprint density at radius 1 is 1.33 bits per heavy atom. The number of aromatic nitrogens is 1. The molecule has 2 aromatic rings. The van der Waals surface area contributed by atoms with Crippen molar-refractivity contribution in [2.24, 2.45) is 5.73 Å². The Hall–Kier alpha value is -1.81. The molecule has 0 atom stereocenters. The predicted octanol–water partition coefficient (Wildman–Crippen LogP) is 2.62. The van der Waals surface area contributed by atoms with Gasteiger partial charge in [-0.2, -0.15) is 0 Å². The molecular weight excluding hydrogens is 226 g/mol. The van der Waals surface area contributed by atoms with Crippen LogP contribution < -0.4 is 11.1 Å². The van der Waals surface area contributed by atoms with E-state index in [0.29, 0.717) is 12.8 Å². The van der Waals surface area contributed by atoms with E-state index < -0.39 is 5.54 Å². The summed E-state index contributed by atoms with van der Waals surface area (Å²) in [5.41, 5.74) is 7.11. The lowest BCUT2D eigenvalue weighted by molar-refractivity contribution is -0.121. The highest BCUT2D eigenvalue weighted by atomic mass is 16.2. The van der Waals surface area contributed by atoms with Gasteiger partial charge in [0.05, 0.1) is 5.54 Å². The summed E-state index contributed by atoms with van der Waals surface area (Å²) in [6.07, 6.45) is 3.13. The van der Waals surface area contributed by atoms with E-state index in [4.69, 9.17) is 5.73 Å². The molecule has 0 aliphatic rings. The Kier molecular flexibility index (Phi) is 3.39. The van der Waals surface area contributed by atoms with E-state index >= 15 is 0 Å². The fraction of sp³-hybridized carbons (Fsp3) is 0.357. The molecule has 18 heavy (non-hydrogen) atoms. The number of nitrogens with one attached hydrogen (secondary N) is 2. The van der Waals surface area contributed by atoms with Gasteiger partial charge in [-0.15, -0.1) is 0 Å². The second kappa shape index (κ2) is 4.82. The van der Waals surface area contributed by atoms with Gasteiger partial charge in [0.25, 0.3) is 0 Å². The van der Waals surface area contributed by atoms with Crippen molar-refractivity contribution < 1.29 is 4.79 Å². The van der Waals surface area contributed by atoms with Gasteiger partial charge in [0, 0.05) is 22.8 Å². The highest BCUT2D eigenvalue weighted by molar-refractivity contribution is 5.99. The zero-order valence-corrected chi connectivity index (χ0v) is 10.8. The molecule has 0 saturated heterocycles. The van der Waals surface area contributed by atoms with Gasteiger partial charge in [-0.3, -0.25) is 4.79 Å². The number of amides is 1. The molecule has 0 saturated carbocycles. The van der Waals surface area contributed by atoms with Gasteiger partial charge in [0.1, 0.15) is 0 Å². The molecule has 0 aliphatic carbocycles. The Labute approximate surface area is 107 Å². The molecule has 0 aliphatic heterocycles. The van der Waals surface area contributed by atoms with Gasteiger partial charge in [0.15, 0.2) is 0 Å². The van der Waals surface area contributed by atoms with E-state index in [1.807, 2.05) is 44.3 Å². The molecule has 96 valence electrons. The molecule has 4 heteroatoms. The van der Waals surface area contributed by atoms with Gasteiger partial charge in [-0.25, -0.2) is 0 Å². The van der Waals surface area contributed by atoms with Crippen molar-refractivity contribution in [3.8, 4) is 0 Å². The second-order valence-corrected chi connectivity index (χ2v) is 4.60. The van der Waals surface area contributed by atoms with Crippen LogP contribution in [0.15, 0.2) is 30.5 Å². The SMILES string of the molecule is CCC(N)(CC)C(=O)Nc1ccc2[nH]ccc2c1. The molecular formula is C14H19N3O. The molecule has 1 amide bonds. The number of fused-ring (bicyclic) bond motifs is 1. The largest absolute Gasteiger partial charge is 0.361 e. The summed E-state index contributed by atoms with van der Waals surface area (Å²) in [6.45, 7) is 3.86. The first-order chi connectivity index (χ1) is 8.59. The number of anilines is 1. The predicted molar refractivity (Wildman–Crippen MR) is 74.4 cm³/mol. The van der Waals surface area contributed by atoms with Crippen LogP contribution in [0.5, 0.6) is 0 Å². The first kappa shape index (κ1) is 12.6. The minimum Gasteiger partial charge on any atom is -0.361 e. The Morgan fingerprint density at radius 3 is 2.72 bits per heavy atom. The van der Waals surface area contributed by atoms with Crippen LogP contribution in [0.25, 0.3) is 10.9 Å². The lowest BCUT2D eigenvalue weighted by Crippen LogP contribution is -2.50. The van der Waals surface area contributed by atoms with Crippen molar-refractivity contribution in [2.45, 2.75) is 32.2 Å². The molecule has 0 fully saturated rings. The molecule has 0 radical (unpaired) electrons. The van der Waals surface area contributed by atoms with Crippen LogP contribution in [0.3, 0.4) is 0 Å². The third kappa shape index (κ3) is 2.24. The van der Waals surface area contributed by atoms with Crippen LogP contribution in [0.1, 0.15) is 26.7 Å². The maximum Gasteiger partial charge on any atom is 0.244 e. The van der Waals surface area contributed by atoms with Crippen LogP contribution >= 0.6 is 0 Å². The van der Waals surface area contributed by atoms with Crippen LogP contribution in [0, 0.1) is 0 Å². The molecule has 1 heterocycles.